The Kier molecular flexibility index (Phi) is 31.6. The van der Waals surface area contributed by atoms with Crippen LogP contribution in [0.5, 0.6) is 0 Å². The van der Waals surface area contributed by atoms with Gasteiger partial charge in [0.15, 0.2) is 0 Å². The first kappa shape index (κ1) is 83.6. The molecule has 0 aliphatic carbocycles. The molecule has 0 aromatic heterocycles. The largest absolute Gasteiger partial charge is 0.310 e. The van der Waals surface area contributed by atoms with Gasteiger partial charge in [0.25, 0.3) is 0 Å². The Hall–Kier alpha value is -11.4. The highest BCUT2D eigenvalue weighted by atomic mass is 15.2. The number of hydrogen-bond donors (Lipinski definition) is 0. The van der Waals surface area contributed by atoms with Crippen LogP contribution in [0, 0.1) is 0 Å². The van der Waals surface area contributed by atoms with E-state index < -0.39 is 0 Å². The maximum atomic E-state index is 2.50. The Bertz CT molecular complexity index is 5040. The van der Waals surface area contributed by atoms with Crippen LogP contribution >= 0.6 is 0 Å². The quantitative estimate of drug-likeness (QED) is 0.133. The van der Waals surface area contributed by atoms with Gasteiger partial charge in [0.05, 0.1) is 17.1 Å². The minimum absolute atomic E-state index is 0.111. The third-order valence-electron chi connectivity index (χ3n) is 20.2. The second-order valence-corrected chi connectivity index (χ2v) is 25.3. The van der Waals surface area contributed by atoms with E-state index in [9.17, 15) is 0 Å². The third-order valence-corrected chi connectivity index (χ3v) is 20.2. The van der Waals surface area contributed by atoms with Gasteiger partial charge in [-0.15, -0.1) is 0 Å². The minimum Gasteiger partial charge on any atom is -0.310 e. The maximum absolute atomic E-state index is 2.50. The monoisotopic (exact) mass is 1450 g/mol. The van der Waals surface area contributed by atoms with Crippen molar-refractivity contribution in [3.05, 3.63) is 378 Å². The summed E-state index contributed by atoms with van der Waals surface area (Å²) in [6.07, 6.45) is 3.81. The van der Waals surface area contributed by atoms with Crippen LogP contribution < -0.4 is 47.5 Å². The highest BCUT2D eigenvalue weighted by Crippen LogP contribution is 2.45. The first-order chi connectivity index (χ1) is 55.2. The number of fused-ring (bicyclic) bond motifs is 14. The predicted octanol–water partition coefficient (Wildman–Crippen LogP) is 27.1. The Morgan fingerprint density at radius 2 is 0.369 bits per heavy atom. The van der Waals surface area contributed by atoms with Crippen molar-refractivity contribution in [1.82, 2.24) is 0 Å². The zero-order chi connectivity index (χ0) is 79.3. The average Bonchev–Trinajstić information content (AvgIpc) is 0.707. The van der Waals surface area contributed by atoms with Gasteiger partial charge in [0.1, 0.15) is 0 Å². The molecular weight excluding hydrogens is 1340 g/mol. The minimum atomic E-state index is 0.111. The molecule has 3 nitrogen and oxygen atoms in total. The van der Waals surface area contributed by atoms with E-state index in [1.165, 1.54) is 133 Å². The van der Waals surface area contributed by atoms with Crippen LogP contribution in [0.4, 0.5) is 51.2 Å². The van der Waals surface area contributed by atoms with Crippen molar-refractivity contribution < 1.29 is 0 Å². The van der Waals surface area contributed by atoms with Gasteiger partial charge in [-0.3, -0.25) is 0 Å². The molecule has 0 radical (unpaired) electrons. The van der Waals surface area contributed by atoms with Gasteiger partial charge >= 0.3 is 0 Å². The Morgan fingerprint density at radius 1 is 0.171 bits per heavy atom. The molecule has 19 rings (SSSR count). The summed E-state index contributed by atoms with van der Waals surface area (Å²) in [5.74, 6) is 0. The lowest BCUT2D eigenvalue weighted by atomic mass is 9.29. The standard InChI is InChI=1S/C52H37BN2.C36H26BN.9C2H6/c1-5-20-40(21-6-1)54(41-22-7-2-8-23-41)48-34-38-32-36-18-17-19-37-33-39-35-49(55(42-24-9-3-10-25-42)43-26-11-4-12-27-43)45-29-14-16-31-47(45)52(39)53(50(36)37)51(38)46-30-15-13-28-44(46)48;1-3-15-29(16-4-1)38(30-17-5-2-6-18-30)34-24-28-23-27-14-11-13-26-22-25-12-7-10-21-33(25)37(35(26)27)36(28)32-20-9-8-19-31(32)34;9*1-2/h1-31,34-35H,32-33H2;1-21,24H,22-23H2;9*1-2H3. The molecule has 15 aromatic carbocycles. The lowest BCUT2D eigenvalue weighted by Gasteiger charge is -2.38. The Balaban J connectivity index is 0.000000221. The molecule has 4 heterocycles. The molecule has 15 aromatic rings. The SMILES string of the molecule is CC.CC.CC.CC.CC.CC.CC.CC.CC.c1ccc(N(c2ccccc2)c2cc3c(c4ccccc24)B2c4c(cccc4Cc4cc(N(c5ccccc5)c5ccccc5)c5ccccc5c42)C3)cc1.c1ccc(N(c2ccccc2)c2cc3c(c4ccccc24)B2c4ccccc4Cc4cccc(c42)C3)cc1. The van der Waals surface area contributed by atoms with Crippen LogP contribution in [-0.2, 0) is 25.7 Å². The van der Waals surface area contributed by atoms with Crippen molar-refractivity contribution in [2.75, 3.05) is 14.7 Å². The van der Waals surface area contributed by atoms with E-state index in [1.807, 2.05) is 125 Å². The van der Waals surface area contributed by atoms with E-state index in [0.717, 1.165) is 48.4 Å². The number of anilines is 9. The summed E-state index contributed by atoms with van der Waals surface area (Å²) in [7, 11) is 0. The highest BCUT2D eigenvalue weighted by Gasteiger charge is 2.42. The third kappa shape index (κ3) is 17.0. The van der Waals surface area contributed by atoms with Gasteiger partial charge < -0.3 is 14.7 Å². The average molecular weight is 1450 g/mol. The summed E-state index contributed by atoms with van der Waals surface area (Å²) in [6, 6.07) is 123. The van der Waals surface area contributed by atoms with Crippen LogP contribution in [0.15, 0.2) is 334 Å². The molecule has 0 atom stereocenters. The zero-order valence-corrected chi connectivity index (χ0v) is 69.6. The smallest absolute Gasteiger partial charge is 0.244 e. The molecule has 0 amide bonds. The van der Waals surface area contributed by atoms with E-state index in [-0.39, 0.29) is 13.4 Å². The topological polar surface area (TPSA) is 9.72 Å². The fraction of sp³-hybridized carbons (Fsp3) is 0.208. The molecular formula is C106H117B2N3. The van der Waals surface area contributed by atoms with E-state index in [0.29, 0.717) is 0 Å². The fourth-order valence-corrected chi connectivity index (χ4v) is 16.4. The maximum Gasteiger partial charge on any atom is 0.244 e. The first-order valence-electron chi connectivity index (χ1n) is 41.8. The predicted molar refractivity (Wildman–Crippen MR) is 498 cm³/mol. The number of para-hydroxylation sites is 6. The summed E-state index contributed by atoms with van der Waals surface area (Å²) >= 11 is 0. The molecule has 5 heteroatoms. The van der Waals surface area contributed by atoms with Gasteiger partial charge in [0.2, 0.25) is 13.4 Å². The van der Waals surface area contributed by atoms with Gasteiger partial charge in [-0.2, -0.15) is 0 Å². The fourth-order valence-electron chi connectivity index (χ4n) is 16.4. The van der Waals surface area contributed by atoms with Crippen LogP contribution in [0.1, 0.15) is 169 Å². The van der Waals surface area contributed by atoms with Gasteiger partial charge in [0, 0.05) is 50.3 Å². The number of hydrogen-bond acceptors (Lipinski definition) is 3. The lowest BCUT2D eigenvalue weighted by molar-refractivity contribution is 1.15. The number of nitrogens with zero attached hydrogens (tertiary/aromatic N) is 3. The number of benzene rings is 15. The zero-order valence-electron chi connectivity index (χ0n) is 69.6. The van der Waals surface area contributed by atoms with E-state index in [1.54, 1.807) is 5.46 Å². The summed E-state index contributed by atoms with van der Waals surface area (Å²) in [6.45, 7) is 36.4. The Labute approximate surface area is 668 Å². The molecule has 0 saturated carbocycles. The molecule has 562 valence electrons. The highest BCUT2D eigenvalue weighted by molar-refractivity contribution is 7.00. The van der Waals surface area contributed by atoms with Crippen molar-refractivity contribution in [2.45, 2.75) is 150 Å². The second-order valence-electron chi connectivity index (χ2n) is 25.3. The van der Waals surface area contributed by atoms with Crippen molar-refractivity contribution in [3.63, 3.8) is 0 Å². The Morgan fingerprint density at radius 3 is 0.640 bits per heavy atom. The summed E-state index contributed by atoms with van der Waals surface area (Å²) < 4.78 is 0. The summed E-state index contributed by atoms with van der Waals surface area (Å²) in [5.41, 5.74) is 31.0. The summed E-state index contributed by atoms with van der Waals surface area (Å²) in [5, 5.41) is 7.84. The van der Waals surface area contributed by atoms with Gasteiger partial charge in [-0.05, 0) is 177 Å². The van der Waals surface area contributed by atoms with Crippen molar-refractivity contribution >= 4 is 130 Å². The van der Waals surface area contributed by atoms with Crippen molar-refractivity contribution in [1.29, 1.82) is 0 Å². The van der Waals surface area contributed by atoms with E-state index in [4.69, 9.17) is 0 Å². The second kappa shape index (κ2) is 42.0. The molecule has 0 saturated heterocycles. The van der Waals surface area contributed by atoms with Crippen molar-refractivity contribution in [3.8, 4) is 0 Å². The first-order valence-corrected chi connectivity index (χ1v) is 41.8. The molecule has 4 aliphatic rings. The molecule has 0 unspecified atom stereocenters. The van der Waals surface area contributed by atoms with Crippen LogP contribution in [-0.4, -0.2) is 13.4 Å². The summed E-state index contributed by atoms with van der Waals surface area (Å²) in [4.78, 5) is 7.29. The lowest BCUT2D eigenvalue weighted by Crippen LogP contribution is -2.61. The van der Waals surface area contributed by atoms with Crippen LogP contribution in [0.25, 0.3) is 32.3 Å². The van der Waals surface area contributed by atoms with Crippen LogP contribution in [0.2, 0.25) is 0 Å². The van der Waals surface area contributed by atoms with Crippen molar-refractivity contribution in [2.24, 2.45) is 0 Å². The van der Waals surface area contributed by atoms with E-state index >= 15 is 0 Å². The molecule has 0 N–H and O–H groups in total. The molecule has 0 fully saturated rings. The van der Waals surface area contributed by atoms with Gasteiger partial charge in [-0.25, -0.2) is 0 Å². The van der Waals surface area contributed by atoms with Crippen LogP contribution in [0.3, 0.4) is 0 Å². The normalized spacial score (nSPS) is 11.2. The molecule has 0 spiro atoms. The molecule has 4 aliphatic heterocycles. The molecule has 0 bridgehead atoms. The van der Waals surface area contributed by atoms with Gasteiger partial charge in [-0.1, -0.05) is 400 Å². The molecule has 111 heavy (non-hydrogen) atoms. The number of rotatable bonds is 9. The van der Waals surface area contributed by atoms with E-state index in [2.05, 4.69) is 348 Å².